The van der Waals surface area contributed by atoms with Crippen molar-refractivity contribution < 1.29 is 28.2 Å². The summed E-state index contributed by atoms with van der Waals surface area (Å²) in [4.78, 5) is 24.0. The Morgan fingerprint density at radius 3 is 2.77 bits per heavy atom. The molecule has 0 radical (unpaired) electrons. The van der Waals surface area contributed by atoms with Gasteiger partial charge in [-0.05, 0) is 51.9 Å². The fourth-order valence-electron chi connectivity index (χ4n) is 4.67. The van der Waals surface area contributed by atoms with Crippen LogP contribution in [0.3, 0.4) is 0 Å². The average molecular weight is 427 g/mol. The Bertz CT molecular complexity index is 578. The van der Waals surface area contributed by atoms with E-state index in [9.17, 15) is 9.59 Å². The molecule has 1 saturated heterocycles. The van der Waals surface area contributed by atoms with E-state index in [0.29, 0.717) is 38.9 Å². The molecule has 30 heavy (non-hydrogen) atoms. The Hall–Kier alpha value is -1.27. The molecule has 0 aromatic rings. The molecule has 2 aliphatic rings. The van der Waals surface area contributed by atoms with Crippen LogP contribution in [-0.2, 0) is 23.8 Å². The van der Waals surface area contributed by atoms with Crippen LogP contribution in [0.1, 0.15) is 85.0 Å². The van der Waals surface area contributed by atoms with Crippen LogP contribution in [0.4, 0.5) is 4.39 Å². The number of carbonyl (C=O) groups excluding carboxylic acids is 2. The Labute approximate surface area is 180 Å². The summed E-state index contributed by atoms with van der Waals surface area (Å²) in [5.41, 5.74) is 0. The van der Waals surface area contributed by atoms with E-state index in [1.165, 1.54) is 0 Å². The molecule has 172 valence electrons. The molecular weight excluding hydrogens is 387 g/mol. The number of hydrogen-bond donors (Lipinski definition) is 0. The standard InChI is InChI=1S/C24H39FO5/c1-4-7-13-22(25)24(29-6-3)16-15-19-18(20(26)17-21(19)30-24)12-10-8-9-11-14-23(27)28-5-2/h10,12,18-19,21-22H,4-9,11,13-17H2,1-3H3/t18-,19-,21-,22?,24?/m1/s1. The van der Waals surface area contributed by atoms with E-state index in [1.54, 1.807) is 6.92 Å². The number of unbranched alkanes of at least 4 members (excludes halogenated alkanes) is 3. The second-order valence-electron chi connectivity index (χ2n) is 8.39. The van der Waals surface area contributed by atoms with Crippen LogP contribution in [0.25, 0.3) is 0 Å². The third-order valence-corrected chi connectivity index (χ3v) is 6.22. The summed E-state index contributed by atoms with van der Waals surface area (Å²) in [6.07, 6.45) is 9.25. The molecule has 0 spiro atoms. The third-order valence-electron chi connectivity index (χ3n) is 6.22. The van der Waals surface area contributed by atoms with Gasteiger partial charge in [0.1, 0.15) is 5.78 Å². The Balaban J connectivity index is 1.87. The van der Waals surface area contributed by atoms with Crippen molar-refractivity contribution in [3.8, 4) is 0 Å². The molecule has 1 aliphatic carbocycles. The van der Waals surface area contributed by atoms with E-state index in [2.05, 4.69) is 0 Å². The highest BCUT2D eigenvalue weighted by molar-refractivity contribution is 5.86. The molecule has 1 saturated carbocycles. The Morgan fingerprint density at radius 1 is 1.27 bits per heavy atom. The van der Waals surface area contributed by atoms with E-state index in [0.717, 1.165) is 38.5 Å². The zero-order valence-electron chi connectivity index (χ0n) is 18.9. The first kappa shape index (κ1) is 25.0. The molecule has 0 N–H and O–H groups in total. The minimum Gasteiger partial charge on any atom is -0.466 e. The van der Waals surface area contributed by atoms with Gasteiger partial charge in [0.2, 0.25) is 0 Å². The van der Waals surface area contributed by atoms with Crippen LogP contribution in [0.2, 0.25) is 0 Å². The van der Waals surface area contributed by atoms with Gasteiger partial charge >= 0.3 is 5.97 Å². The monoisotopic (exact) mass is 426 g/mol. The molecule has 1 aliphatic heterocycles. The summed E-state index contributed by atoms with van der Waals surface area (Å²) >= 11 is 0. The van der Waals surface area contributed by atoms with Crippen molar-refractivity contribution in [3.05, 3.63) is 12.2 Å². The molecule has 0 aromatic carbocycles. The van der Waals surface area contributed by atoms with Crippen molar-refractivity contribution in [1.82, 2.24) is 0 Å². The van der Waals surface area contributed by atoms with Crippen LogP contribution in [0.5, 0.6) is 0 Å². The van der Waals surface area contributed by atoms with Crippen molar-refractivity contribution in [1.29, 1.82) is 0 Å². The van der Waals surface area contributed by atoms with Crippen molar-refractivity contribution in [2.45, 2.75) is 103 Å². The first-order chi connectivity index (χ1) is 14.5. The number of esters is 1. The molecular formula is C24H39FO5. The molecule has 5 nitrogen and oxygen atoms in total. The minimum atomic E-state index is -1.20. The van der Waals surface area contributed by atoms with Crippen molar-refractivity contribution in [2.24, 2.45) is 11.8 Å². The summed E-state index contributed by atoms with van der Waals surface area (Å²) in [5, 5.41) is 0. The van der Waals surface area contributed by atoms with Crippen molar-refractivity contribution in [3.63, 3.8) is 0 Å². The van der Waals surface area contributed by atoms with E-state index in [-0.39, 0.29) is 29.7 Å². The van der Waals surface area contributed by atoms with Crippen LogP contribution in [0.15, 0.2) is 12.2 Å². The number of alkyl halides is 1. The maximum atomic E-state index is 15.0. The lowest BCUT2D eigenvalue weighted by Gasteiger charge is -2.44. The maximum absolute atomic E-state index is 15.0. The number of allylic oxidation sites excluding steroid dienone is 2. The summed E-state index contributed by atoms with van der Waals surface area (Å²) in [5.74, 6) is -1.24. The predicted octanol–water partition coefficient (Wildman–Crippen LogP) is 5.31. The van der Waals surface area contributed by atoms with Gasteiger partial charge in [0, 0.05) is 31.8 Å². The van der Waals surface area contributed by atoms with Gasteiger partial charge in [-0.25, -0.2) is 4.39 Å². The molecule has 0 aromatic heterocycles. The number of ether oxygens (including phenoxy) is 3. The van der Waals surface area contributed by atoms with Crippen molar-refractivity contribution in [2.75, 3.05) is 13.2 Å². The quantitative estimate of drug-likeness (QED) is 0.227. The normalized spacial score (nSPS) is 29.9. The molecule has 6 heteroatoms. The number of fused-ring (bicyclic) bond motifs is 1. The lowest BCUT2D eigenvalue weighted by Crippen LogP contribution is -2.52. The second kappa shape index (κ2) is 12.6. The summed E-state index contributed by atoms with van der Waals surface area (Å²) in [7, 11) is 0. The third kappa shape index (κ3) is 6.61. The van der Waals surface area contributed by atoms with Gasteiger partial charge in [-0.15, -0.1) is 0 Å². The number of hydrogen-bond acceptors (Lipinski definition) is 5. The highest BCUT2D eigenvalue weighted by Crippen LogP contribution is 2.46. The smallest absolute Gasteiger partial charge is 0.305 e. The van der Waals surface area contributed by atoms with E-state index >= 15 is 4.39 Å². The van der Waals surface area contributed by atoms with E-state index in [4.69, 9.17) is 14.2 Å². The Kier molecular flexibility index (Phi) is 10.5. The van der Waals surface area contributed by atoms with Gasteiger partial charge in [0.25, 0.3) is 0 Å². The zero-order valence-corrected chi connectivity index (χ0v) is 18.9. The van der Waals surface area contributed by atoms with Crippen LogP contribution < -0.4 is 0 Å². The van der Waals surface area contributed by atoms with Gasteiger partial charge in [-0.1, -0.05) is 31.9 Å². The number of ketones is 1. The summed E-state index contributed by atoms with van der Waals surface area (Å²) in [6, 6.07) is 0. The predicted molar refractivity (Wildman–Crippen MR) is 114 cm³/mol. The second-order valence-corrected chi connectivity index (χ2v) is 8.39. The highest BCUT2D eigenvalue weighted by Gasteiger charge is 2.53. The fraction of sp³-hybridized carbons (Fsp3) is 0.833. The summed E-state index contributed by atoms with van der Waals surface area (Å²) < 4.78 is 31.9. The topological polar surface area (TPSA) is 61.8 Å². The molecule has 2 fully saturated rings. The molecule has 2 unspecified atom stereocenters. The lowest BCUT2D eigenvalue weighted by molar-refractivity contribution is -0.314. The SMILES string of the molecule is CCCCC(F)C1(OCC)CC[C@H]2[C@@H](CC(=O)[C@@H]2C=CCCCCC(=O)OCC)O1. The van der Waals surface area contributed by atoms with Gasteiger partial charge in [0.15, 0.2) is 12.0 Å². The number of carbonyl (C=O) groups is 2. The minimum absolute atomic E-state index is 0.0974. The van der Waals surface area contributed by atoms with Gasteiger partial charge in [0.05, 0.1) is 12.7 Å². The van der Waals surface area contributed by atoms with Gasteiger partial charge in [-0.2, -0.15) is 0 Å². The lowest BCUT2D eigenvalue weighted by atomic mass is 9.83. The largest absolute Gasteiger partial charge is 0.466 e. The van der Waals surface area contributed by atoms with Crippen molar-refractivity contribution >= 4 is 11.8 Å². The number of Topliss-reactive ketones (excluding diaryl/α,β-unsaturated/α-hetero) is 1. The van der Waals surface area contributed by atoms with Crippen LogP contribution in [-0.4, -0.2) is 43.0 Å². The van der Waals surface area contributed by atoms with E-state index in [1.807, 2.05) is 26.0 Å². The average Bonchev–Trinajstić information content (AvgIpc) is 3.03. The number of rotatable bonds is 13. The fourth-order valence-corrected chi connectivity index (χ4v) is 4.67. The first-order valence-electron chi connectivity index (χ1n) is 11.8. The summed E-state index contributed by atoms with van der Waals surface area (Å²) in [6.45, 7) is 6.52. The van der Waals surface area contributed by atoms with E-state index < -0.39 is 12.0 Å². The molecule has 0 bridgehead atoms. The maximum Gasteiger partial charge on any atom is 0.305 e. The zero-order chi connectivity index (χ0) is 22.0. The molecule has 5 atom stereocenters. The van der Waals surface area contributed by atoms with Crippen LogP contribution in [0, 0.1) is 11.8 Å². The van der Waals surface area contributed by atoms with Gasteiger partial charge < -0.3 is 14.2 Å². The highest BCUT2D eigenvalue weighted by atomic mass is 19.1. The molecule has 2 rings (SSSR count). The van der Waals surface area contributed by atoms with Gasteiger partial charge in [-0.3, -0.25) is 9.59 Å². The number of halogens is 1. The van der Waals surface area contributed by atoms with Crippen LogP contribution >= 0.6 is 0 Å². The molecule has 1 heterocycles. The Morgan fingerprint density at radius 2 is 2.07 bits per heavy atom. The first-order valence-corrected chi connectivity index (χ1v) is 11.8. The molecule has 0 amide bonds.